The van der Waals surface area contributed by atoms with Crippen LogP contribution in [-0.2, 0) is 23.0 Å². The number of fused-ring (bicyclic) bond motifs is 1. The van der Waals surface area contributed by atoms with Crippen molar-refractivity contribution in [2.24, 2.45) is 0 Å². The average Bonchev–Trinajstić information content (AvgIpc) is 3.16. The molecule has 5 nitrogen and oxygen atoms in total. The Morgan fingerprint density at radius 2 is 1.81 bits per heavy atom. The molecule has 0 saturated carbocycles. The summed E-state index contributed by atoms with van der Waals surface area (Å²) in [7, 11) is 0. The van der Waals surface area contributed by atoms with Crippen LogP contribution < -0.4 is 5.32 Å². The number of rotatable bonds is 5. The van der Waals surface area contributed by atoms with Crippen molar-refractivity contribution in [1.82, 2.24) is 0 Å². The zero-order valence-electron chi connectivity index (χ0n) is 17.2. The molecule has 1 atom stereocenters. The number of esters is 1. The third-order valence-corrected chi connectivity index (χ3v) is 6.79. The third kappa shape index (κ3) is 3.97. The van der Waals surface area contributed by atoms with Gasteiger partial charge in [0.05, 0.1) is 23.7 Å². The Morgan fingerprint density at radius 1 is 1.13 bits per heavy atom. The minimum absolute atomic E-state index is 0.252. The second-order valence-electron chi connectivity index (χ2n) is 7.49. The molecular weight excluding hydrogens is 408 g/mol. The average molecular weight is 431 g/mol. The van der Waals surface area contributed by atoms with Gasteiger partial charge in [-0.1, -0.05) is 48.5 Å². The van der Waals surface area contributed by atoms with Crippen LogP contribution in [-0.4, -0.2) is 18.5 Å². The van der Waals surface area contributed by atoms with E-state index in [0.717, 1.165) is 16.0 Å². The Hall–Kier alpha value is -3.43. The molecule has 1 aromatic heterocycles. The summed E-state index contributed by atoms with van der Waals surface area (Å²) in [4.78, 5) is 26.5. The van der Waals surface area contributed by atoms with Crippen LogP contribution in [0.5, 0.6) is 0 Å². The Labute approximate surface area is 185 Å². The lowest BCUT2D eigenvalue weighted by atomic mass is 9.70. The molecule has 31 heavy (non-hydrogen) atoms. The van der Waals surface area contributed by atoms with Crippen LogP contribution in [0.3, 0.4) is 0 Å². The summed E-state index contributed by atoms with van der Waals surface area (Å²) in [5.41, 5.74) is 2.15. The first kappa shape index (κ1) is 20.8. The minimum Gasteiger partial charge on any atom is -0.462 e. The highest BCUT2D eigenvalue weighted by molar-refractivity contribution is 7.17. The summed E-state index contributed by atoms with van der Waals surface area (Å²) < 4.78 is 5.29. The number of anilines is 1. The van der Waals surface area contributed by atoms with Crippen molar-refractivity contribution in [3.8, 4) is 6.07 Å². The molecule has 1 aliphatic carbocycles. The van der Waals surface area contributed by atoms with E-state index in [0.29, 0.717) is 35.4 Å². The highest BCUT2D eigenvalue weighted by atomic mass is 32.1. The molecule has 1 unspecified atom stereocenters. The van der Waals surface area contributed by atoms with Crippen molar-refractivity contribution in [1.29, 1.82) is 5.26 Å². The molecule has 2 aromatic carbocycles. The lowest BCUT2D eigenvalue weighted by Crippen LogP contribution is -2.31. The monoisotopic (exact) mass is 430 g/mol. The number of nitrogens with zero attached hydrogens (tertiary/aromatic N) is 1. The Morgan fingerprint density at radius 3 is 2.45 bits per heavy atom. The van der Waals surface area contributed by atoms with Gasteiger partial charge in [0, 0.05) is 16.9 Å². The molecule has 0 fully saturated rings. The molecule has 0 aliphatic heterocycles. The lowest BCUT2D eigenvalue weighted by Gasteiger charge is -2.31. The Kier molecular flexibility index (Phi) is 5.88. The fraction of sp³-hybridized carbons (Fsp3) is 0.240. The van der Waals surface area contributed by atoms with Crippen molar-refractivity contribution in [3.05, 3.63) is 87.8 Å². The van der Waals surface area contributed by atoms with E-state index >= 15 is 0 Å². The number of carbonyl (C=O) groups is 2. The van der Waals surface area contributed by atoms with E-state index < -0.39 is 11.4 Å². The topological polar surface area (TPSA) is 79.2 Å². The zero-order chi connectivity index (χ0) is 21.8. The van der Waals surface area contributed by atoms with E-state index in [4.69, 9.17) is 4.74 Å². The number of amides is 1. The summed E-state index contributed by atoms with van der Waals surface area (Å²) >= 11 is 1.37. The van der Waals surface area contributed by atoms with E-state index in [-0.39, 0.29) is 12.5 Å². The van der Waals surface area contributed by atoms with Crippen molar-refractivity contribution < 1.29 is 14.3 Å². The fourth-order valence-corrected chi connectivity index (χ4v) is 5.40. The molecule has 0 saturated heterocycles. The van der Waals surface area contributed by atoms with Gasteiger partial charge in [0.25, 0.3) is 5.91 Å². The van der Waals surface area contributed by atoms with Gasteiger partial charge in [-0.2, -0.15) is 5.26 Å². The van der Waals surface area contributed by atoms with E-state index in [1.54, 1.807) is 31.2 Å². The number of carbonyl (C=O) groups excluding carboxylic acids is 2. The highest BCUT2D eigenvalue weighted by Crippen LogP contribution is 2.45. The molecule has 1 amide bonds. The van der Waals surface area contributed by atoms with Crippen LogP contribution in [0.1, 0.15) is 50.1 Å². The van der Waals surface area contributed by atoms with Crippen LogP contribution in [0.4, 0.5) is 5.00 Å². The second-order valence-corrected chi connectivity index (χ2v) is 8.59. The first-order valence-electron chi connectivity index (χ1n) is 10.2. The van der Waals surface area contributed by atoms with Gasteiger partial charge >= 0.3 is 5.97 Å². The normalized spacial score (nSPS) is 17.3. The molecule has 0 spiro atoms. The van der Waals surface area contributed by atoms with Crippen LogP contribution in [0.2, 0.25) is 0 Å². The Bertz CT molecular complexity index is 1150. The molecule has 1 heterocycles. The number of ether oxygens (including phenoxy) is 1. The summed E-state index contributed by atoms with van der Waals surface area (Å²) in [6, 6.07) is 21.2. The van der Waals surface area contributed by atoms with Gasteiger partial charge in [0.1, 0.15) is 5.00 Å². The molecule has 0 bridgehead atoms. The second kappa shape index (κ2) is 8.75. The molecule has 4 rings (SSSR count). The smallest absolute Gasteiger partial charge is 0.341 e. The standard InChI is InChI=1S/C25H22N2O3S/c1-2-30-24(29)21-19-13-14-25(16-26,18-11-7-4-8-12-18)15-20(19)31-23(21)27-22(28)17-9-5-3-6-10-17/h3-12H,2,13-15H2,1H3,(H,27,28). The van der Waals surface area contributed by atoms with Gasteiger partial charge in [-0.25, -0.2) is 4.79 Å². The van der Waals surface area contributed by atoms with Crippen LogP contribution in [0.25, 0.3) is 0 Å². The fourth-order valence-electron chi connectivity index (χ4n) is 4.06. The van der Waals surface area contributed by atoms with Crippen molar-refractivity contribution in [2.45, 2.75) is 31.6 Å². The van der Waals surface area contributed by atoms with Crippen molar-refractivity contribution in [3.63, 3.8) is 0 Å². The third-order valence-electron chi connectivity index (χ3n) is 5.64. The van der Waals surface area contributed by atoms with Crippen LogP contribution >= 0.6 is 11.3 Å². The predicted octanol–water partition coefficient (Wildman–Crippen LogP) is 5.13. The van der Waals surface area contributed by atoms with Crippen molar-refractivity contribution >= 4 is 28.2 Å². The quantitative estimate of drug-likeness (QED) is 0.569. The van der Waals surface area contributed by atoms with Gasteiger partial charge in [-0.15, -0.1) is 11.3 Å². The Balaban J connectivity index is 1.73. The molecule has 1 N–H and O–H groups in total. The maximum Gasteiger partial charge on any atom is 0.341 e. The first-order valence-corrected chi connectivity index (χ1v) is 11.0. The van der Waals surface area contributed by atoms with Gasteiger partial charge in [-0.3, -0.25) is 4.79 Å². The summed E-state index contributed by atoms with van der Waals surface area (Å²) in [5.74, 6) is -0.716. The largest absolute Gasteiger partial charge is 0.462 e. The van der Waals surface area contributed by atoms with E-state index in [1.807, 2.05) is 36.4 Å². The summed E-state index contributed by atoms with van der Waals surface area (Å²) in [5, 5.41) is 13.5. The predicted molar refractivity (Wildman–Crippen MR) is 120 cm³/mol. The number of hydrogen-bond acceptors (Lipinski definition) is 5. The molecule has 1 aliphatic rings. The van der Waals surface area contributed by atoms with E-state index in [9.17, 15) is 14.9 Å². The highest BCUT2D eigenvalue weighted by Gasteiger charge is 2.40. The molecule has 6 heteroatoms. The lowest BCUT2D eigenvalue weighted by molar-refractivity contribution is 0.0526. The van der Waals surface area contributed by atoms with Gasteiger partial charge in [0.15, 0.2) is 0 Å². The molecule has 0 radical (unpaired) electrons. The van der Waals surface area contributed by atoms with Gasteiger partial charge in [-0.05, 0) is 43.0 Å². The summed E-state index contributed by atoms with van der Waals surface area (Å²) in [6.07, 6.45) is 1.68. The zero-order valence-corrected chi connectivity index (χ0v) is 18.0. The van der Waals surface area contributed by atoms with Gasteiger partial charge in [0.2, 0.25) is 0 Å². The maximum atomic E-state index is 12.8. The number of hydrogen-bond donors (Lipinski definition) is 1. The number of benzene rings is 2. The number of thiophene rings is 1. The van der Waals surface area contributed by atoms with Crippen LogP contribution in [0, 0.1) is 11.3 Å². The SMILES string of the molecule is CCOC(=O)c1c(NC(=O)c2ccccc2)sc2c1CCC(C#N)(c1ccccc1)C2. The molecular formula is C25H22N2O3S. The summed E-state index contributed by atoms with van der Waals surface area (Å²) in [6.45, 7) is 2.01. The van der Waals surface area contributed by atoms with E-state index in [1.165, 1.54) is 11.3 Å². The number of nitriles is 1. The molecule has 156 valence electrons. The number of nitrogens with one attached hydrogen (secondary N) is 1. The van der Waals surface area contributed by atoms with Crippen LogP contribution in [0.15, 0.2) is 60.7 Å². The minimum atomic E-state index is -0.647. The van der Waals surface area contributed by atoms with E-state index in [2.05, 4.69) is 11.4 Å². The molecule has 3 aromatic rings. The maximum absolute atomic E-state index is 12.8. The first-order chi connectivity index (χ1) is 15.1. The van der Waals surface area contributed by atoms with Crippen molar-refractivity contribution in [2.75, 3.05) is 11.9 Å². The van der Waals surface area contributed by atoms with Gasteiger partial charge < -0.3 is 10.1 Å².